The number of fused-ring (bicyclic) bond motifs is 1. The van der Waals surface area contributed by atoms with Crippen LogP contribution < -0.4 is 16.6 Å². The van der Waals surface area contributed by atoms with Crippen LogP contribution in [0.4, 0.5) is 5.69 Å². The standard InChI is InChI=1S/C20H19N3O4/c1-3-17(18(25)21-14-8-6-7-13(11-14)12(2)24)23-19(26)15-9-4-5-10-16(15)22-20(23)27/h4-11,17H,3H2,1-2H3,(H,21,25)(H,22,27). The van der Waals surface area contributed by atoms with E-state index in [1.165, 1.54) is 6.92 Å². The lowest BCUT2D eigenvalue weighted by Crippen LogP contribution is -2.42. The molecular weight excluding hydrogens is 346 g/mol. The number of para-hydroxylation sites is 1. The minimum atomic E-state index is -0.980. The van der Waals surface area contributed by atoms with E-state index in [0.29, 0.717) is 22.2 Å². The van der Waals surface area contributed by atoms with Gasteiger partial charge in [0.2, 0.25) is 5.91 Å². The topological polar surface area (TPSA) is 101 Å². The Bertz CT molecular complexity index is 1140. The minimum Gasteiger partial charge on any atom is -0.324 e. The van der Waals surface area contributed by atoms with Gasteiger partial charge in [0, 0.05) is 11.3 Å². The van der Waals surface area contributed by atoms with E-state index in [0.717, 1.165) is 4.57 Å². The zero-order valence-electron chi connectivity index (χ0n) is 15.0. The Labute approximate surface area is 154 Å². The number of nitrogens with one attached hydrogen (secondary N) is 2. The predicted octanol–water partition coefficient (Wildman–Crippen LogP) is 2.48. The molecule has 138 valence electrons. The number of carbonyl (C=O) groups excluding carboxylic acids is 2. The number of benzene rings is 2. The first-order valence-corrected chi connectivity index (χ1v) is 8.57. The largest absolute Gasteiger partial charge is 0.329 e. The number of rotatable bonds is 5. The van der Waals surface area contributed by atoms with Crippen molar-refractivity contribution in [1.82, 2.24) is 9.55 Å². The molecule has 0 aliphatic heterocycles. The van der Waals surface area contributed by atoms with Gasteiger partial charge in [-0.3, -0.25) is 14.4 Å². The lowest BCUT2D eigenvalue weighted by atomic mass is 10.1. The van der Waals surface area contributed by atoms with Crippen LogP contribution in [0.25, 0.3) is 10.9 Å². The van der Waals surface area contributed by atoms with Gasteiger partial charge in [0.05, 0.1) is 10.9 Å². The van der Waals surface area contributed by atoms with Crippen molar-refractivity contribution in [3.05, 3.63) is 74.9 Å². The van der Waals surface area contributed by atoms with Crippen LogP contribution in [0.15, 0.2) is 58.1 Å². The molecule has 1 aromatic heterocycles. The van der Waals surface area contributed by atoms with Gasteiger partial charge >= 0.3 is 5.69 Å². The van der Waals surface area contributed by atoms with Crippen molar-refractivity contribution in [1.29, 1.82) is 0 Å². The molecule has 1 unspecified atom stereocenters. The number of Topliss-reactive ketones (excluding diaryl/α,β-unsaturated/α-hetero) is 1. The van der Waals surface area contributed by atoms with Crippen LogP contribution in [0.3, 0.4) is 0 Å². The Balaban J connectivity index is 2.00. The molecule has 3 rings (SSSR count). The summed E-state index contributed by atoms with van der Waals surface area (Å²) in [5.74, 6) is -0.624. The number of hydrogen-bond donors (Lipinski definition) is 2. The highest BCUT2D eigenvalue weighted by atomic mass is 16.2. The molecule has 0 saturated heterocycles. The number of hydrogen-bond acceptors (Lipinski definition) is 4. The molecule has 0 aliphatic carbocycles. The molecule has 7 nitrogen and oxygen atoms in total. The second-order valence-corrected chi connectivity index (χ2v) is 6.20. The number of aromatic nitrogens is 2. The highest BCUT2D eigenvalue weighted by Gasteiger charge is 2.23. The molecule has 0 radical (unpaired) electrons. The number of anilines is 1. The Morgan fingerprint density at radius 1 is 1.11 bits per heavy atom. The first kappa shape index (κ1) is 18.3. The van der Waals surface area contributed by atoms with Crippen molar-refractivity contribution in [2.75, 3.05) is 5.32 Å². The zero-order chi connectivity index (χ0) is 19.6. The summed E-state index contributed by atoms with van der Waals surface area (Å²) in [5, 5.41) is 3.02. The third-order valence-electron chi connectivity index (χ3n) is 4.37. The molecule has 2 aromatic carbocycles. The summed E-state index contributed by atoms with van der Waals surface area (Å²) < 4.78 is 0.937. The van der Waals surface area contributed by atoms with E-state index in [4.69, 9.17) is 0 Å². The molecule has 1 atom stereocenters. The maximum atomic E-state index is 12.8. The van der Waals surface area contributed by atoms with Gasteiger partial charge in [-0.1, -0.05) is 31.2 Å². The van der Waals surface area contributed by atoms with Crippen molar-refractivity contribution in [2.24, 2.45) is 0 Å². The summed E-state index contributed by atoms with van der Waals surface area (Å²) in [6, 6.07) is 12.2. The van der Waals surface area contributed by atoms with Crippen LogP contribution >= 0.6 is 0 Å². The van der Waals surface area contributed by atoms with E-state index in [9.17, 15) is 19.2 Å². The molecule has 1 amide bonds. The molecule has 7 heteroatoms. The molecule has 0 saturated carbocycles. The van der Waals surface area contributed by atoms with Gasteiger partial charge in [0.25, 0.3) is 5.56 Å². The van der Waals surface area contributed by atoms with Crippen LogP contribution in [0.5, 0.6) is 0 Å². The normalized spacial score (nSPS) is 11.9. The highest BCUT2D eigenvalue weighted by molar-refractivity contribution is 5.98. The van der Waals surface area contributed by atoms with E-state index in [2.05, 4.69) is 10.3 Å². The van der Waals surface area contributed by atoms with Gasteiger partial charge in [-0.25, -0.2) is 9.36 Å². The summed E-state index contributed by atoms with van der Waals surface area (Å²) >= 11 is 0. The second kappa shape index (κ2) is 7.41. The third-order valence-corrected chi connectivity index (χ3v) is 4.37. The molecule has 0 aliphatic rings. The van der Waals surface area contributed by atoms with E-state index >= 15 is 0 Å². The van der Waals surface area contributed by atoms with Gasteiger partial charge in [0.1, 0.15) is 6.04 Å². The Hall–Kier alpha value is -3.48. The lowest BCUT2D eigenvalue weighted by Gasteiger charge is -2.17. The summed E-state index contributed by atoms with van der Waals surface area (Å²) in [7, 11) is 0. The first-order chi connectivity index (χ1) is 12.9. The van der Waals surface area contributed by atoms with E-state index in [1.54, 1.807) is 55.5 Å². The average Bonchev–Trinajstić information content (AvgIpc) is 2.65. The Morgan fingerprint density at radius 3 is 2.56 bits per heavy atom. The van der Waals surface area contributed by atoms with Crippen molar-refractivity contribution < 1.29 is 9.59 Å². The molecule has 0 spiro atoms. The number of nitrogens with zero attached hydrogens (tertiary/aromatic N) is 1. The van der Waals surface area contributed by atoms with Crippen molar-refractivity contribution >= 4 is 28.3 Å². The quantitative estimate of drug-likeness (QED) is 0.678. The van der Waals surface area contributed by atoms with Gasteiger partial charge in [-0.15, -0.1) is 0 Å². The van der Waals surface area contributed by atoms with Gasteiger partial charge < -0.3 is 10.3 Å². The fourth-order valence-electron chi connectivity index (χ4n) is 2.99. The summed E-state index contributed by atoms with van der Waals surface area (Å²) in [6.45, 7) is 3.15. The van der Waals surface area contributed by atoms with Gasteiger partial charge in [-0.05, 0) is 37.6 Å². The summed E-state index contributed by atoms with van der Waals surface area (Å²) in [6.07, 6.45) is 0.250. The molecule has 27 heavy (non-hydrogen) atoms. The lowest BCUT2D eigenvalue weighted by molar-refractivity contribution is -0.119. The number of amides is 1. The molecule has 1 heterocycles. The van der Waals surface area contributed by atoms with E-state index < -0.39 is 23.2 Å². The smallest absolute Gasteiger partial charge is 0.324 e. The second-order valence-electron chi connectivity index (χ2n) is 6.20. The van der Waals surface area contributed by atoms with Crippen LogP contribution in [0.2, 0.25) is 0 Å². The molecule has 0 bridgehead atoms. The van der Waals surface area contributed by atoms with Crippen LogP contribution in [-0.2, 0) is 4.79 Å². The van der Waals surface area contributed by atoms with Crippen molar-refractivity contribution in [3.8, 4) is 0 Å². The fraction of sp³-hybridized carbons (Fsp3) is 0.200. The molecule has 3 aromatic rings. The van der Waals surface area contributed by atoms with E-state index in [1.807, 2.05) is 0 Å². The maximum Gasteiger partial charge on any atom is 0.329 e. The average molecular weight is 365 g/mol. The predicted molar refractivity (Wildman–Crippen MR) is 103 cm³/mol. The number of aromatic amines is 1. The minimum absolute atomic E-state index is 0.125. The van der Waals surface area contributed by atoms with Gasteiger partial charge in [0.15, 0.2) is 5.78 Å². The fourth-order valence-corrected chi connectivity index (χ4v) is 2.99. The molecule has 0 fully saturated rings. The molecular formula is C20H19N3O4. The highest BCUT2D eigenvalue weighted by Crippen LogP contribution is 2.16. The Morgan fingerprint density at radius 2 is 1.85 bits per heavy atom. The first-order valence-electron chi connectivity index (χ1n) is 8.57. The number of carbonyl (C=O) groups is 2. The molecule has 2 N–H and O–H groups in total. The zero-order valence-corrected chi connectivity index (χ0v) is 15.0. The summed E-state index contributed by atoms with van der Waals surface area (Å²) in [5.41, 5.74) is 0.151. The van der Waals surface area contributed by atoms with Crippen LogP contribution in [-0.4, -0.2) is 21.2 Å². The van der Waals surface area contributed by atoms with Crippen molar-refractivity contribution in [2.45, 2.75) is 26.3 Å². The monoisotopic (exact) mass is 365 g/mol. The number of ketones is 1. The number of H-pyrrole nitrogens is 1. The van der Waals surface area contributed by atoms with Gasteiger partial charge in [-0.2, -0.15) is 0 Å². The van der Waals surface area contributed by atoms with Crippen LogP contribution in [0, 0.1) is 0 Å². The van der Waals surface area contributed by atoms with Crippen LogP contribution in [0.1, 0.15) is 36.7 Å². The maximum absolute atomic E-state index is 12.8. The SMILES string of the molecule is CCC(C(=O)Nc1cccc(C(C)=O)c1)n1c(=O)[nH]c2ccccc2c1=O. The third kappa shape index (κ3) is 3.57. The summed E-state index contributed by atoms with van der Waals surface area (Å²) in [4.78, 5) is 52.1. The van der Waals surface area contributed by atoms with E-state index in [-0.39, 0.29) is 12.2 Å². The van der Waals surface area contributed by atoms with Crippen molar-refractivity contribution in [3.63, 3.8) is 0 Å². The Kier molecular flexibility index (Phi) is 5.03.